The highest BCUT2D eigenvalue weighted by Crippen LogP contribution is 2.34. The Hall–Kier alpha value is -1.20. The predicted octanol–water partition coefficient (Wildman–Crippen LogP) is 2.26. The third kappa shape index (κ3) is 2.72. The Morgan fingerprint density at radius 3 is 2.77 bits per heavy atom. The third-order valence-electron chi connectivity index (χ3n) is 5.17. The molecule has 2 aromatic rings. The lowest BCUT2D eigenvalue weighted by Crippen LogP contribution is -2.88. The number of nitrogens with zero attached hydrogens (tertiary/aromatic N) is 1. The molecule has 0 amide bonds. The number of H-pyrrole nitrogens is 1. The fourth-order valence-electron chi connectivity index (χ4n) is 3.97. The van der Waals surface area contributed by atoms with Crippen LogP contribution in [0.3, 0.4) is 0 Å². The minimum Gasteiger partial charge on any atom is -0.338 e. The number of nitrogens with one attached hydrogen (secondary N) is 1. The number of nitrogens with two attached hydrogens (primary N) is 1. The zero-order valence-electron chi connectivity index (χ0n) is 13.0. The Balaban J connectivity index is 1.54. The first-order valence-corrected chi connectivity index (χ1v) is 9.49. The molecule has 1 saturated carbocycles. The maximum Gasteiger partial charge on any atom is 0.260 e. The van der Waals surface area contributed by atoms with Crippen molar-refractivity contribution in [3.63, 3.8) is 0 Å². The molecule has 0 atom stereocenters. The topological polar surface area (TPSA) is 62.4 Å². The summed E-state index contributed by atoms with van der Waals surface area (Å²) in [5.74, 6) is 0.849. The molecule has 2 aliphatic rings. The van der Waals surface area contributed by atoms with Crippen molar-refractivity contribution in [2.24, 2.45) is 0 Å². The Morgan fingerprint density at radius 2 is 1.95 bits per heavy atom. The van der Waals surface area contributed by atoms with Crippen molar-refractivity contribution in [2.45, 2.75) is 70.4 Å². The molecule has 2 aromatic heterocycles. The summed E-state index contributed by atoms with van der Waals surface area (Å²) in [6, 6.07) is 0.705. The van der Waals surface area contributed by atoms with Crippen molar-refractivity contribution in [1.29, 1.82) is 0 Å². The van der Waals surface area contributed by atoms with Crippen LogP contribution in [0.4, 0.5) is 0 Å². The number of aromatic amines is 1. The summed E-state index contributed by atoms with van der Waals surface area (Å²) in [4.78, 5) is 22.5. The lowest BCUT2D eigenvalue weighted by atomic mass is 10.1. The highest BCUT2D eigenvalue weighted by Gasteiger charge is 2.21. The van der Waals surface area contributed by atoms with Crippen LogP contribution in [0.2, 0.25) is 0 Å². The fourth-order valence-corrected chi connectivity index (χ4v) is 5.25. The summed E-state index contributed by atoms with van der Waals surface area (Å²) < 4.78 is 0. The van der Waals surface area contributed by atoms with E-state index in [-0.39, 0.29) is 5.56 Å². The average Bonchev–Trinajstić information content (AvgIpc) is 2.97. The molecule has 0 saturated heterocycles. The van der Waals surface area contributed by atoms with Crippen LogP contribution in [0.25, 0.3) is 10.2 Å². The highest BCUT2D eigenvalue weighted by molar-refractivity contribution is 7.18. The highest BCUT2D eigenvalue weighted by atomic mass is 32.1. The van der Waals surface area contributed by atoms with Crippen molar-refractivity contribution >= 4 is 21.6 Å². The molecule has 3 N–H and O–H groups in total. The number of rotatable bonds is 3. The zero-order chi connectivity index (χ0) is 14.9. The van der Waals surface area contributed by atoms with Crippen LogP contribution in [0.5, 0.6) is 0 Å². The van der Waals surface area contributed by atoms with E-state index in [1.807, 2.05) is 0 Å². The maximum atomic E-state index is 12.4. The van der Waals surface area contributed by atoms with E-state index in [1.54, 1.807) is 11.3 Å². The summed E-state index contributed by atoms with van der Waals surface area (Å²) in [5, 5.41) is 3.26. The summed E-state index contributed by atoms with van der Waals surface area (Å²) in [5.41, 5.74) is 1.35. The van der Waals surface area contributed by atoms with Crippen LogP contribution in [0.15, 0.2) is 4.79 Å². The van der Waals surface area contributed by atoms with E-state index in [2.05, 4.69) is 10.3 Å². The quantitative estimate of drug-likeness (QED) is 0.853. The Morgan fingerprint density at radius 1 is 1.14 bits per heavy atom. The number of quaternary nitrogens is 1. The number of fused-ring (bicyclic) bond motifs is 3. The van der Waals surface area contributed by atoms with Gasteiger partial charge >= 0.3 is 0 Å². The first kappa shape index (κ1) is 14.4. The van der Waals surface area contributed by atoms with Gasteiger partial charge in [-0.05, 0) is 50.5 Å². The molecule has 0 unspecified atom stereocenters. The van der Waals surface area contributed by atoms with Gasteiger partial charge in [-0.1, -0.05) is 12.8 Å². The van der Waals surface area contributed by atoms with E-state index in [9.17, 15) is 4.79 Å². The monoisotopic (exact) mass is 318 g/mol. The summed E-state index contributed by atoms with van der Waals surface area (Å²) in [6.45, 7) is 0.804. The standard InChI is InChI=1S/C17H23N3OS/c21-16-15-12-8-5-9-13(12)22-17(15)20-14(19-16)10-18-11-6-3-1-2-4-7-11/h11,18H,1-10H2,(H,19,20,21)/p+1. The van der Waals surface area contributed by atoms with E-state index in [1.165, 1.54) is 55.4 Å². The molecule has 1 fully saturated rings. The maximum absolute atomic E-state index is 12.4. The molecule has 4 nitrogen and oxygen atoms in total. The number of thiophene rings is 1. The van der Waals surface area contributed by atoms with Gasteiger partial charge in [0.2, 0.25) is 0 Å². The molecular weight excluding hydrogens is 294 g/mol. The molecule has 4 rings (SSSR count). The fraction of sp³-hybridized carbons (Fsp3) is 0.647. The second-order valence-electron chi connectivity index (χ2n) is 6.74. The second kappa shape index (κ2) is 6.13. The third-order valence-corrected chi connectivity index (χ3v) is 6.35. The number of hydrogen-bond donors (Lipinski definition) is 2. The van der Waals surface area contributed by atoms with E-state index >= 15 is 0 Å². The number of aromatic nitrogens is 2. The first-order valence-electron chi connectivity index (χ1n) is 8.68. The zero-order valence-corrected chi connectivity index (χ0v) is 13.8. The largest absolute Gasteiger partial charge is 0.338 e. The van der Waals surface area contributed by atoms with Gasteiger partial charge in [0.1, 0.15) is 11.4 Å². The lowest BCUT2D eigenvalue weighted by Gasteiger charge is -2.12. The lowest BCUT2D eigenvalue weighted by molar-refractivity contribution is -0.706. The van der Waals surface area contributed by atoms with Gasteiger partial charge in [-0.2, -0.15) is 0 Å². The van der Waals surface area contributed by atoms with Crippen molar-refractivity contribution in [3.05, 3.63) is 26.6 Å². The molecule has 0 aliphatic heterocycles. The van der Waals surface area contributed by atoms with Crippen LogP contribution < -0.4 is 10.9 Å². The minimum absolute atomic E-state index is 0.0775. The molecular formula is C17H24N3OS+. The Kier molecular flexibility index (Phi) is 4.01. The molecule has 22 heavy (non-hydrogen) atoms. The van der Waals surface area contributed by atoms with Gasteiger partial charge in [0.05, 0.1) is 11.4 Å². The van der Waals surface area contributed by atoms with Gasteiger partial charge in [-0.25, -0.2) is 4.98 Å². The summed E-state index contributed by atoms with van der Waals surface area (Å²) >= 11 is 1.73. The van der Waals surface area contributed by atoms with Crippen LogP contribution in [0.1, 0.15) is 61.2 Å². The predicted molar refractivity (Wildman–Crippen MR) is 89.4 cm³/mol. The molecule has 0 radical (unpaired) electrons. The van der Waals surface area contributed by atoms with E-state index in [4.69, 9.17) is 4.98 Å². The second-order valence-corrected chi connectivity index (χ2v) is 7.83. The molecule has 0 aromatic carbocycles. The molecule has 5 heteroatoms. The Bertz CT molecular complexity index is 725. The normalized spacial score (nSPS) is 19.5. The van der Waals surface area contributed by atoms with Crippen molar-refractivity contribution in [1.82, 2.24) is 9.97 Å². The SMILES string of the molecule is O=c1[nH]c(C[NH2+]C2CCCCCC2)nc2sc3c(c12)CCC3. The molecule has 118 valence electrons. The van der Waals surface area contributed by atoms with Crippen molar-refractivity contribution < 1.29 is 5.32 Å². The number of hydrogen-bond acceptors (Lipinski definition) is 3. The average molecular weight is 318 g/mol. The summed E-state index contributed by atoms with van der Waals surface area (Å²) in [7, 11) is 0. The first-order chi connectivity index (χ1) is 10.8. The van der Waals surface area contributed by atoms with Gasteiger partial charge in [0.25, 0.3) is 5.56 Å². The molecule has 0 bridgehead atoms. The molecule has 2 aliphatic carbocycles. The van der Waals surface area contributed by atoms with Crippen LogP contribution >= 0.6 is 11.3 Å². The van der Waals surface area contributed by atoms with Crippen molar-refractivity contribution in [3.8, 4) is 0 Å². The van der Waals surface area contributed by atoms with Crippen LogP contribution in [0, 0.1) is 0 Å². The van der Waals surface area contributed by atoms with Crippen LogP contribution in [-0.4, -0.2) is 16.0 Å². The number of aryl methyl sites for hydroxylation is 2. The van der Waals surface area contributed by atoms with Gasteiger partial charge in [0, 0.05) is 4.88 Å². The van der Waals surface area contributed by atoms with Gasteiger partial charge in [0.15, 0.2) is 5.82 Å². The van der Waals surface area contributed by atoms with E-state index < -0.39 is 0 Å². The van der Waals surface area contributed by atoms with Gasteiger partial charge < -0.3 is 10.3 Å². The van der Waals surface area contributed by atoms with E-state index in [0.717, 1.165) is 35.4 Å². The summed E-state index contributed by atoms with van der Waals surface area (Å²) in [6.07, 6.45) is 11.4. The minimum atomic E-state index is 0.0775. The van der Waals surface area contributed by atoms with Gasteiger partial charge in [-0.3, -0.25) is 4.79 Å². The molecule has 0 spiro atoms. The van der Waals surface area contributed by atoms with Crippen molar-refractivity contribution in [2.75, 3.05) is 0 Å². The van der Waals surface area contributed by atoms with Gasteiger partial charge in [-0.15, -0.1) is 11.3 Å². The molecule has 2 heterocycles. The smallest absolute Gasteiger partial charge is 0.260 e. The van der Waals surface area contributed by atoms with Crippen LogP contribution in [-0.2, 0) is 19.4 Å². The van der Waals surface area contributed by atoms with E-state index in [0.29, 0.717) is 6.04 Å². The Labute approximate surface area is 134 Å².